The van der Waals surface area contributed by atoms with Crippen molar-refractivity contribution in [3.63, 3.8) is 0 Å². The topological polar surface area (TPSA) is 159 Å². The Balaban J connectivity index is 0.830. The van der Waals surface area contributed by atoms with E-state index in [1.54, 1.807) is 19.4 Å². The standard InChI is InChI=1S/C58H69N7O7S2/c1-39(2)48-8-6-7-9-49(48)53-38-62(37-41-10-13-45(71-5)14-11-41)27-28-64(53)44-33-58(34-44)23-25-63(26-24-58)43-12-16-50(54(31-43)72-46-30-42-20-29-73-56(42)60-36-46)55(66)61-74(69,70)47-15-17-51(52(32-47)65(67)68)59-35-40-18-21-57(3,4)22-19-40/h6-17,20,29-32,36,39-40,44,53,59H,18-19,21-28,33-35,37-38H2,1-5H3,(H,61,66). The van der Waals surface area contributed by atoms with Crippen molar-refractivity contribution in [2.45, 2.75) is 109 Å². The predicted octanol–water partition coefficient (Wildman–Crippen LogP) is 12.2. The molecule has 2 saturated carbocycles. The summed E-state index contributed by atoms with van der Waals surface area (Å²) in [5.74, 6) is 1.31. The first kappa shape index (κ1) is 51.4. The number of rotatable bonds is 16. The zero-order valence-electron chi connectivity index (χ0n) is 43.2. The van der Waals surface area contributed by atoms with E-state index in [-0.39, 0.29) is 33.5 Å². The molecule has 16 heteroatoms. The number of carbonyl (C=O) groups excluding carboxylic acids is 1. The van der Waals surface area contributed by atoms with Gasteiger partial charge in [-0.25, -0.2) is 18.1 Å². The third kappa shape index (κ3) is 11.3. The number of hydrogen-bond donors (Lipinski definition) is 2. The number of nitrogens with one attached hydrogen (secondary N) is 2. The minimum absolute atomic E-state index is 0.000748. The quantitative estimate of drug-likeness (QED) is 0.0699. The average molecular weight is 1040 g/mol. The molecule has 1 unspecified atom stereocenters. The fourth-order valence-corrected chi connectivity index (χ4v) is 13.7. The number of methoxy groups -OCH3 is 1. The maximum atomic E-state index is 14.1. The number of amides is 1. The zero-order valence-corrected chi connectivity index (χ0v) is 44.9. The van der Waals surface area contributed by atoms with E-state index in [0.717, 1.165) is 118 Å². The third-order valence-electron chi connectivity index (χ3n) is 16.5. The van der Waals surface area contributed by atoms with E-state index in [1.165, 1.54) is 40.2 Å². The van der Waals surface area contributed by atoms with Gasteiger partial charge in [-0.05, 0) is 145 Å². The van der Waals surface area contributed by atoms with Crippen LogP contribution in [0, 0.1) is 26.9 Å². The largest absolute Gasteiger partial charge is 0.497 e. The highest BCUT2D eigenvalue weighted by atomic mass is 32.2. The van der Waals surface area contributed by atoms with Crippen LogP contribution in [-0.2, 0) is 16.6 Å². The Labute approximate surface area is 439 Å². The molecule has 0 radical (unpaired) electrons. The van der Waals surface area contributed by atoms with Crippen LogP contribution in [0.2, 0.25) is 0 Å². The third-order valence-corrected chi connectivity index (χ3v) is 18.7. The molecule has 6 aromatic rings. The van der Waals surface area contributed by atoms with E-state index in [4.69, 9.17) is 9.47 Å². The molecule has 4 heterocycles. The summed E-state index contributed by atoms with van der Waals surface area (Å²) in [7, 11) is -2.85. The van der Waals surface area contributed by atoms with E-state index in [9.17, 15) is 23.3 Å². The zero-order chi connectivity index (χ0) is 51.8. The molecule has 0 bridgehead atoms. The number of thiophene rings is 1. The number of fused-ring (bicyclic) bond motifs is 1. The Morgan fingerprint density at radius 2 is 1.66 bits per heavy atom. The lowest BCUT2D eigenvalue weighted by Gasteiger charge is -2.58. The Morgan fingerprint density at radius 1 is 0.905 bits per heavy atom. The summed E-state index contributed by atoms with van der Waals surface area (Å²) in [5, 5.41) is 18.3. The highest BCUT2D eigenvalue weighted by Crippen LogP contribution is 2.53. The monoisotopic (exact) mass is 1040 g/mol. The highest BCUT2D eigenvalue weighted by Gasteiger charge is 2.50. The van der Waals surface area contributed by atoms with E-state index < -0.39 is 25.7 Å². The first-order chi connectivity index (χ1) is 35.5. The lowest BCUT2D eigenvalue weighted by Crippen LogP contribution is -2.60. The van der Waals surface area contributed by atoms with Crippen LogP contribution >= 0.6 is 11.3 Å². The van der Waals surface area contributed by atoms with Crippen molar-refractivity contribution in [2.75, 3.05) is 56.6 Å². The molecular formula is C58H69N7O7S2. The van der Waals surface area contributed by atoms with Gasteiger partial charge in [-0.1, -0.05) is 64.1 Å². The van der Waals surface area contributed by atoms with Gasteiger partial charge in [0.1, 0.15) is 27.8 Å². The summed E-state index contributed by atoms with van der Waals surface area (Å²) in [4.78, 5) is 38.6. The molecule has 10 rings (SSSR count). The lowest BCUT2D eigenvalue weighted by molar-refractivity contribution is -0.384. The van der Waals surface area contributed by atoms with Gasteiger partial charge >= 0.3 is 0 Å². The molecule has 1 amide bonds. The molecule has 2 saturated heterocycles. The SMILES string of the molecule is COc1ccc(CN2CCN(C3CC4(CCN(c5ccc(C(=O)NS(=O)(=O)c6ccc(NCC7CCC(C)(C)CC7)c([N+](=O)[O-])c6)c(Oc6cnc7sccc7c6)c5)CC4)C3)C(c3ccccc3C(C)C)C2)cc1. The first-order valence-electron chi connectivity index (χ1n) is 26.2. The van der Waals surface area contributed by atoms with Gasteiger partial charge in [-0.2, -0.15) is 0 Å². The number of aromatic nitrogens is 1. The van der Waals surface area contributed by atoms with Crippen LogP contribution in [0.1, 0.15) is 118 Å². The molecule has 2 aliphatic carbocycles. The molecule has 74 heavy (non-hydrogen) atoms. The van der Waals surface area contributed by atoms with Crippen molar-refractivity contribution in [3.05, 3.63) is 141 Å². The number of hydrogen-bond acceptors (Lipinski definition) is 13. The number of carbonyl (C=O) groups is 1. The number of benzene rings is 4. The number of nitrogens with zero attached hydrogens (tertiary/aromatic N) is 5. The number of piperidine rings is 1. The maximum Gasteiger partial charge on any atom is 0.293 e. The predicted molar refractivity (Wildman–Crippen MR) is 293 cm³/mol. The first-order valence-corrected chi connectivity index (χ1v) is 28.6. The second kappa shape index (κ2) is 21.3. The van der Waals surface area contributed by atoms with Crippen molar-refractivity contribution in [3.8, 4) is 17.2 Å². The fraction of sp³-hybridized carbons (Fsp3) is 0.448. The summed E-state index contributed by atoms with van der Waals surface area (Å²) >= 11 is 1.51. The molecule has 1 atom stereocenters. The van der Waals surface area contributed by atoms with Crippen LogP contribution in [0.3, 0.4) is 0 Å². The number of pyridine rings is 1. The van der Waals surface area contributed by atoms with Gasteiger partial charge in [0.05, 0.1) is 28.7 Å². The summed E-state index contributed by atoms with van der Waals surface area (Å²) in [6, 6.07) is 31.0. The van der Waals surface area contributed by atoms with Gasteiger partial charge in [-0.3, -0.25) is 24.7 Å². The summed E-state index contributed by atoms with van der Waals surface area (Å²) < 4.78 is 41.8. The number of nitro groups is 1. The Bertz CT molecular complexity index is 3100. The smallest absolute Gasteiger partial charge is 0.293 e. The van der Waals surface area contributed by atoms with E-state index in [1.807, 2.05) is 41.8 Å². The van der Waals surface area contributed by atoms with Gasteiger partial charge in [0.2, 0.25) is 0 Å². The highest BCUT2D eigenvalue weighted by molar-refractivity contribution is 7.90. The summed E-state index contributed by atoms with van der Waals surface area (Å²) in [6.45, 7) is 15.2. The molecular weight excluding hydrogens is 971 g/mol. The summed E-state index contributed by atoms with van der Waals surface area (Å²) in [5.41, 5.74) is 5.41. The number of sulfonamides is 1. The molecule has 2 aliphatic heterocycles. The number of piperazine rings is 1. The van der Waals surface area contributed by atoms with Crippen molar-refractivity contribution in [2.24, 2.45) is 16.7 Å². The summed E-state index contributed by atoms with van der Waals surface area (Å²) in [6.07, 6.45) is 10.2. The number of anilines is 2. The molecule has 390 valence electrons. The molecule has 2 N–H and O–H groups in total. The van der Waals surface area contributed by atoms with E-state index in [0.29, 0.717) is 36.2 Å². The Kier molecular flexibility index (Phi) is 14.8. The fourth-order valence-electron chi connectivity index (χ4n) is 12.0. The van der Waals surface area contributed by atoms with Crippen molar-refractivity contribution < 1.29 is 27.6 Å². The van der Waals surface area contributed by atoms with Crippen LogP contribution < -0.4 is 24.4 Å². The van der Waals surface area contributed by atoms with Crippen LogP contribution in [-0.4, -0.2) is 86.5 Å². The van der Waals surface area contributed by atoms with Crippen molar-refractivity contribution in [1.29, 1.82) is 0 Å². The minimum Gasteiger partial charge on any atom is -0.497 e. The number of nitro benzene ring substituents is 1. The molecule has 4 fully saturated rings. The van der Waals surface area contributed by atoms with E-state index in [2.05, 4.69) is 93.8 Å². The molecule has 14 nitrogen and oxygen atoms in total. The van der Waals surface area contributed by atoms with Gasteiger partial charge in [0, 0.05) is 81.1 Å². The van der Waals surface area contributed by atoms with Crippen LogP contribution in [0.15, 0.2) is 114 Å². The Morgan fingerprint density at radius 3 is 2.39 bits per heavy atom. The normalized spacial score (nSPS) is 19.6. The van der Waals surface area contributed by atoms with Crippen LogP contribution in [0.4, 0.5) is 17.1 Å². The second-order valence-corrected chi connectivity index (χ2v) is 24.9. The maximum absolute atomic E-state index is 14.1. The number of ether oxygens (including phenoxy) is 2. The molecule has 4 aromatic carbocycles. The van der Waals surface area contributed by atoms with Crippen molar-refractivity contribution >= 4 is 54.5 Å². The van der Waals surface area contributed by atoms with Gasteiger partial charge in [-0.15, -0.1) is 11.3 Å². The molecule has 2 aromatic heterocycles. The van der Waals surface area contributed by atoms with E-state index >= 15 is 0 Å². The Hall–Kier alpha value is -6.07. The molecule has 1 spiro atoms. The van der Waals surface area contributed by atoms with Gasteiger partial charge < -0.3 is 19.7 Å². The minimum atomic E-state index is -4.55. The van der Waals surface area contributed by atoms with Gasteiger partial charge in [0.15, 0.2) is 0 Å². The van der Waals surface area contributed by atoms with Crippen LogP contribution in [0.5, 0.6) is 17.2 Å². The van der Waals surface area contributed by atoms with Crippen LogP contribution in [0.25, 0.3) is 10.2 Å². The average Bonchev–Trinajstić information content (AvgIpc) is 3.86. The molecule has 4 aliphatic rings. The second-order valence-electron chi connectivity index (χ2n) is 22.3. The van der Waals surface area contributed by atoms with Gasteiger partial charge in [0.25, 0.3) is 21.6 Å². The lowest BCUT2D eigenvalue weighted by atomic mass is 9.59. The van der Waals surface area contributed by atoms with Crippen molar-refractivity contribution in [1.82, 2.24) is 19.5 Å².